The molecule has 0 fully saturated rings. The Balaban J connectivity index is 1.20. The Kier molecular flexibility index (Phi) is 8.16. The number of rotatable bonds is 9. The van der Waals surface area contributed by atoms with Crippen molar-refractivity contribution in [3.8, 4) is 17.2 Å². The molecule has 0 saturated heterocycles. The van der Waals surface area contributed by atoms with Gasteiger partial charge in [-0.3, -0.25) is 4.79 Å². The topological polar surface area (TPSA) is 86.2 Å². The summed E-state index contributed by atoms with van der Waals surface area (Å²) in [4.78, 5) is 24.1. The monoisotopic (exact) mass is 502 g/mol. The van der Waals surface area contributed by atoms with E-state index in [1.54, 1.807) is 42.5 Å². The largest absolute Gasteiger partial charge is 0.484 e. The lowest BCUT2D eigenvalue weighted by Crippen LogP contribution is -2.24. The van der Waals surface area contributed by atoms with Crippen molar-refractivity contribution in [3.63, 3.8) is 0 Å². The molecule has 0 unspecified atom stereocenters. The van der Waals surface area contributed by atoms with Gasteiger partial charge in [0.1, 0.15) is 17.2 Å². The average Bonchev–Trinajstić information content (AvgIpc) is 2.88. The van der Waals surface area contributed by atoms with Crippen molar-refractivity contribution in [2.45, 2.75) is 6.92 Å². The number of nitrogens with one attached hydrogen (secondary N) is 1. The van der Waals surface area contributed by atoms with E-state index in [-0.39, 0.29) is 19.1 Å². The summed E-state index contributed by atoms with van der Waals surface area (Å²) >= 11 is 5.92. The summed E-state index contributed by atoms with van der Waals surface area (Å²) in [6.07, 6.45) is 1.48. The Bertz CT molecular complexity index is 1400. The molecular formula is C28H23ClN2O5. The first-order chi connectivity index (χ1) is 17.5. The second-order valence-corrected chi connectivity index (χ2v) is 8.27. The van der Waals surface area contributed by atoms with Crippen LogP contribution in [0.1, 0.15) is 11.1 Å². The molecule has 0 atom stereocenters. The molecule has 0 aliphatic heterocycles. The number of hydrogen-bond donors (Lipinski definition) is 1. The van der Waals surface area contributed by atoms with Crippen LogP contribution < -0.4 is 19.6 Å². The number of hydrazone groups is 1. The zero-order valence-corrected chi connectivity index (χ0v) is 20.2. The van der Waals surface area contributed by atoms with Gasteiger partial charge in [-0.15, -0.1) is 0 Å². The van der Waals surface area contributed by atoms with E-state index in [4.69, 9.17) is 25.8 Å². The van der Waals surface area contributed by atoms with Gasteiger partial charge >= 0.3 is 5.97 Å². The normalized spacial score (nSPS) is 10.8. The second kappa shape index (κ2) is 11.9. The molecule has 0 radical (unpaired) electrons. The first-order valence-corrected chi connectivity index (χ1v) is 11.5. The maximum atomic E-state index is 12.1. The highest BCUT2D eigenvalue weighted by molar-refractivity contribution is 6.30. The number of ether oxygens (including phenoxy) is 3. The molecule has 182 valence electrons. The van der Waals surface area contributed by atoms with E-state index in [1.807, 2.05) is 49.4 Å². The second-order valence-electron chi connectivity index (χ2n) is 7.83. The highest BCUT2D eigenvalue weighted by Gasteiger charge is 2.08. The van der Waals surface area contributed by atoms with Crippen LogP contribution in [0.3, 0.4) is 0 Å². The van der Waals surface area contributed by atoms with Crippen LogP contribution in [0.15, 0.2) is 90.0 Å². The van der Waals surface area contributed by atoms with Crippen molar-refractivity contribution < 1.29 is 23.8 Å². The van der Waals surface area contributed by atoms with Gasteiger partial charge in [0.2, 0.25) is 0 Å². The molecule has 4 aromatic rings. The van der Waals surface area contributed by atoms with Crippen molar-refractivity contribution >= 4 is 40.5 Å². The van der Waals surface area contributed by atoms with E-state index in [0.717, 1.165) is 16.3 Å². The summed E-state index contributed by atoms with van der Waals surface area (Å²) in [6, 6.07) is 25.3. The number of esters is 1. The average molecular weight is 503 g/mol. The quantitative estimate of drug-likeness (QED) is 0.145. The molecule has 0 bridgehead atoms. The molecule has 0 aromatic heterocycles. The Hall–Kier alpha value is -4.36. The lowest BCUT2D eigenvalue weighted by Gasteiger charge is -2.09. The molecular weight excluding hydrogens is 480 g/mol. The molecule has 4 aromatic carbocycles. The van der Waals surface area contributed by atoms with Gasteiger partial charge in [-0.2, -0.15) is 5.10 Å². The highest BCUT2D eigenvalue weighted by atomic mass is 35.5. The van der Waals surface area contributed by atoms with Crippen LogP contribution in [0.5, 0.6) is 17.2 Å². The third kappa shape index (κ3) is 7.07. The summed E-state index contributed by atoms with van der Waals surface area (Å²) in [7, 11) is 0. The van der Waals surface area contributed by atoms with E-state index in [2.05, 4.69) is 10.5 Å². The minimum absolute atomic E-state index is 0.164. The molecule has 0 heterocycles. The molecule has 1 amide bonds. The number of benzene rings is 4. The lowest BCUT2D eigenvalue weighted by atomic mass is 10.1. The van der Waals surface area contributed by atoms with Crippen LogP contribution in [-0.2, 0) is 9.59 Å². The molecule has 0 aliphatic rings. The van der Waals surface area contributed by atoms with Gasteiger partial charge in [0.25, 0.3) is 5.91 Å². The molecule has 4 rings (SSSR count). The van der Waals surface area contributed by atoms with E-state index in [0.29, 0.717) is 27.8 Å². The Morgan fingerprint density at radius 1 is 0.861 bits per heavy atom. The fourth-order valence-corrected chi connectivity index (χ4v) is 3.54. The number of carbonyl (C=O) groups is 2. The Morgan fingerprint density at radius 3 is 2.39 bits per heavy atom. The number of halogens is 1. The van der Waals surface area contributed by atoms with E-state index in [1.165, 1.54) is 6.21 Å². The minimum Gasteiger partial charge on any atom is -0.484 e. The van der Waals surface area contributed by atoms with Crippen LogP contribution in [-0.4, -0.2) is 31.3 Å². The smallest absolute Gasteiger partial charge is 0.349 e. The van der Waals surface area contributed by atoms with Crippen LogP contribution in [0.25, 0.3) is 10.8 Å². The molecule has 36 heavy (non-hydrogen) atoms. The lowest BCUT2D eigenvalue weighted by molar-refractivity contribution is -0.136. The highest BCUT2D eigenvalue weighted by Crippen LogP contribution is 2.22. The summed E-state index contributed by atoms with van der Waals surface area (Å²) in [5.41, 5.74) is 3.95. The van der Waals surface area contributed by atoms with Crippen molar-refractivity contribution in [2.75, 3.05) is 13.2 Å². The predicted molar refractivity (Wildman–Crippen MR) is 139 cm³/mol. The van der Waals surface area contributed by atoms with Crippen LogP contribution in [0.2, 0.25) is 5.02 Å². The fourth-order valence-electron chi connectivity index (χ4n) is 3.31. The van der Waals surface area contributed by atoms with Crippen molar-refractivity contribution in [3.05, 3.63) is 101 Å². The Morgan fingerprint density at radius 2 is 1.61 bits per heavy atom. The molecule has 7 nitrogen and oxygen atoms in total. The summed E-state index contributed by atoms with van der Waals surface area (Å²) in [5, 5.41) is 6.66. The number of nitrogens with zero attached hydrogens (tertiary/aromatic N) is 1. The maximum Gasteiger partial charge on any atom is 0.349 e. The number of fused-ring (bicyclic) bond motifs is 1. The van der Waals surface area contributed by atoms with Gasteiger partial charge in [0.15, 0.2) is 13.2 Å². The van der Waals surface area contributed by atoms with Gasteiger partial charge < -0.3 is 14.2 Å². The van der Waals surface area contributed by atoms with Crippen LogP contribution in [0, 0.1) is 6.92 Å². The van der Waals surface area contributed by atoms with Crippen molar-refractivity contribution in [1.29, 1.82) is 0 Å². The number of amides is 1. The van der Waals surface area contributed by atoms with Gasteiger partial charge in [0.05, 0.1) is 6.21 Å². The maximum absolute atomic E-state index is 12.1. The van der Waals surface area contributed by atoms with Crippen molar-refractivity contribution in [1.82, 2.24) is 5.43 Å². The van der Waals surface area contributed by atoms with E-state index < -0.39 is 5.97 Å². The van der Waals surface area contributed by atoms with Crippen molar-refractivity contribution in [2.24, 2.45) is 5.10 Å². The van der Waals surface area contributed by atoms with Crippen LogP contribution >= 0.6 is 11.6 Å². The molecule has 0 aliphatic carbocycles. The standard InChI is InChI=1S/C28H23ClN2O5/c1-19-14-23(29)9-13-26(19)35-18-28(33)36-24-10-6-20(7-11-24)16-30-31-27(32)17-34-25-12-8-21-4-2-3-5-22(21)15-25/h2-16H,17-18H2,1H3,(H,31,32)/b30-16+. The Labute approximate surface area is 213 Å². The fraction of sp³-hybridized carbons (Fsp3) is 0.107. The molecule has 8 heteroatoms. The van der Waals surface area contributed by atoms with E-state index in [9.17, 15) is 9.59 Å². The van der Waals surface area contributed by atoms with Gasteiger partial charge in [-0.25, -0.2) is 10.2 Å². The first kappa shape index (κ1) is 24.8. The molecule has 1 N–H and O–H groups in total. The third-order valence-corrected chi connectivity index (χ3v) is 5.32. The number of hydrogen-bond acceptors (Lipinski definition) is 6. The number of carbonyl (C=O) groups excluding carboxylic acids is 2. The molecule has 0 saturated carbocycles. The zero-order valence-electron chi connectivity index (χ0n) is 19.4. The zero-order chi connectivity index (χ0) is 25.3. The SMILES string of the molecule is Cc1cc(Cl)ccc1OCC(=O)Oc1ccc(/C=N/NC(=O)COc2ccc3ccccc3c2)cc1. The van der Waals surface area contributed by atoms with E-state index >= 15 is 0 Å². The van der Waals surface area contributed by atoms with Crippen LogP contribution in [0.4, 0.5) is 0 Å². The summed E-state index contributed by atoms with van der Waals surface area (Å²) in [5.74, 6) is 0.603. The predicted octanol–water partition coefficient (Wildman–Crippen LogP) is 5.32. The number of aryl methyl sites for hydroxylation is 1. The van der Waals surface area contributed by atoms with Gasteiger partial charge in [-0.05, 0) is 83.4 Å². The van der Waals surface area contributed by atoms with Gasteiger partial charge in [-0.1, -0.05) is 41.9 Å². The minimum atomic E-state index is -0.538. The molecule has 0 spiro atoms. The first-order valence-electron chi connectivity index (χ1n) is 11.1. The third-order valence-electron chi connectivity index (χ3n) is 5.09. The van der Waals surface area contributed by atoms with Gasteiger partial charge in [0, 0.05) is 5.02 Å². The summed E-state index contributed by atoms with van der Waals surface area (Å²) in [6.45, 7) is 1.44. The summed E-state index contributed by atoms with van der Waals surface area (Å²) < 4.78 is 16.3.